The normalized spacial score (nSPS) is 11.7. The maximum Gasteiger partial charge on any atom is 0.199 e. The summed E-state index contributed by atoms with van der Waals surface area (Å²) in [5, 5.41) is 1.24. The third kappa shape index (κ3) is 4.86. The van der Waals surface area contributed by atoms with Crippen LogP contribution in [0.25, 0.3) is 0 Å². The number of rotatable bonds is 6. The largest absolute Gasteiger partial charge is 0.492 e. The lowest BCUT2D eigenvalue weighted by atomic mass is 10.3. The Bertz CT molecular complexity index is 709. The highest BCUT2D eigenvalue weighted by molar-refractivity contribution is 14.1. The van der Waals surface area contributed by atoms with Crippen molar-refractivity contribution < 1.29 is 13.2 Å². The van der Waals surface area contributed by atoms with Crippen LogP contribution >= 0.6 is 22.6 Å². The van der Waals surface area contributed by atoms with E-state index in [1.165, 1.54) is 5.41 Å². The first-order valence-corrected chi connectivity index (χ1v) is 9.06. The van der Waals surface area contributed by atoms with Crippen molar-refractivity contribution in [3.63, 3.8) is 0 Å². The van der Waals surface area contributed by atoms with Crippen molar-refractivity contribution in [2.45, 2.75) is 11.3 Å². The third-order valence-electron chi connectivity index (χ3n) is 2.73. The van der Waals surface area contributed by atoms with Gasteiger partial charge in [0, 0.05) is 11.8 Å². The van der Waals surface area contributed by atoms with Crippen LogP contribution in [-0.4, -0.2) is 15.0 Å². The summed E-state index contributed by atoms with van der Waals surface area (Å²) in [5.74, 6) is 0.817. The van der Waals surface area contributed by atoms with Gasteiger partial charge in [-0.3, -0.25) is 0 Å². The molecule has 110 valence electrons. The molecule has 3 nitrogen and oxygen atoms in total. The molecule has 0 aromatic heterocycles. The molecular formula is C16H15IO3S. The number of ether oxygens (including phenoxy) is 1. The highest BCUT2D eigenvalue weighted by atomic mass is 127. The summed E-state index contributed by atoms with van der Waals surface area (Å²) < 4.78 is 30.6. The van der Waals surface area contributed by atoms with Gasteiger partial charge < -0.3 is 4.74 Å². The fraction of sp³-hybridized carbons (Fsp3) is 0.125. The summed E-state index contributed by atoms with van der Waals surface area (Å²) in [5.41, 5.74) is 0. The second-order valence-corrected chi connectivity index (χ2v) is 7.29. The zero-order valence-corrected chi connectivity index (χ0v) is 14.3. The Kier molecular flexibility index (Phi) is 5.81. The second-order valence-electron chi connectivity index (χ2n) is 4.30. The molecule has 0 aliphatic rings. The van der Waals surface area contributed by atoms with Gasteiger partial charge in [0.25, 0.3) is 0 Å². The minimum atomic E-state index is -3.35. The lowest BCUT2D eigenvalue weighted by Crippen LogP contribution is -1.99. The van der Waals surface area contributed by atoms with Gasteiger partial charge in [-0.2, -0.15) is 0 Å². The number of sulfone groups is 1. The summed E-state index contributed by atoms with van der Waals surface area (Å²) in [4.78, 5) is 0.305. The monoisotopic (exact) mass is 414 g/mol. The number of hydrogen-bond acceptors (Lipinski definition) is 3. The van der Waals surface area contributed by atoms with Crippen molar-refractivity contribution in [1.29, 1.82) is 0 Å². The van der Waals surface area contributed by atoms with Crippen molar-refractivity contribution in [1.82, 2.24) is 0 Å². The van der Waals surface area contributed by atoms with E-state index in [2.05, 4.69) is 22.6 Å². The first kappa shape index (κ1) is 16.0. The zero-order chi connectivity index (χ0) is 15.1. The molecule has 0 N–H and O–H groups in total. The molecule has 0 saturated heterocycles. The fourth-order valence-corrected chi connectivity index (χ4v) is 3.31. The van der Waals surface area contributed by atoms with Gasteiger partial charge in [0.1, 0.15) is 5.75 Å². The topological polar surface area (TPSA) is 43.4 Å². The van der Waals surface area contributed by atoms with E-state index < -0.39 is 9.84 Å². The molecule has 0 radical (unpaired) electrons. The second kappa shape index (κ2) is 7.61. The molecule has 0 aliphatic heterocycles. The molecule has 0 saturated carbocycles. The molecule has 0 amide bonds. The molecule has 0 fully saturated rings. The summed E-state index contributed by atoms with van der Waals surface area (Å²) in [6.45, 7) is 0.445. The SMILES string of the molecule is O=S(=O)(/C=C/CCOc1ccccc1I)c1ccccc1. The van der Waals surface area contributed by atoms with E-state index in [4.69, 9.17) is 4.74 Å². The van der Waals surface area contributed by atoms with E-state index in [9.17, 15) is 8.42 Å². The van der Waals surface area contributed by atoms with Crippen LogP contribution in [0, 0.1) is 3.57 Å². The molecule has 2 aromatic carbocycles. The van der Waals surface area contributed by atoms with Crippen molar-refractivity contribution in [2.75, 3.05) is 6.61 Å². The van der Waals surface area contributed by atoms with Crippen molar-refractivity contribution in [2.24, 2.45) is 0 Å². The predicted octanol–water partition coefficient (Wildman–Crippen LogP) is 4.05. The van der Waals surface area contributed by atoms with Crippen LogP contribution < -0.4 is 4.74 Å². The highest BCUT2D eigenvalue weighted by Gasteiger charge is 2.08. The summed E-state index contributed by atoms with van der Waals surface area (Å²) in [7, 11) is -3.35. The maximum atomic E-state index is 12.0. The number of hydrogen-bond donors (Lipinski definition) is 0. The van der Waals surface area contributed by atoms with Crippen molar-refractivity contribution in [3.8, 4) is 5.75 Å². The molecule has 5 heteroatoms. The molecule has 0 spiro atoms. The summed E-state index contributed by atoms with van der Waals surface area (Å²) in [6.07, 6.45) is 2.16. The van der Waals surface area contributed by atoms with Gasteiger partial charge in [0.2, 0.25) is 0 Å². The molecular weight excluding hydrogens is 399 g/mol. The Morgan fingerprint density at radius 3 is 2.38 bits per heavy atom. The third-order valence-corrected chi connectivity index (χ3v) is 5.10. The number of benzene rings is 2. The first-order chi connectivity index (χ1) is 10.1. The lowest BCUT2D eigenvalue weighted by molar-refractivity contribution is 0.322. The van der Waals surface area contributed by atoms with Crippen LogP contribution in [0.3, 0.4) is 0 Å². The molecule has 0 heterocycles. The quantitative estimate of drug-likeness (QED) is 0.529. The fourth-order valence-electron chi connectivity index (χ4n) is 1.68. The lowest BCUT2D eigenvalue weighted by Gasteiger charge is -2.05. The predicted molar refractivity (Wildman–Crippen MR) is 92.0 cm³/mol. The summed E-state index contributed by atoms with van der Waals surface area (Å²) in [6, 6.07) is 16.1. The molecule has 21 heavy (non-hydrogen) atoms. The minimum absolute atomic E-state index is 0.305. The smallest absolute Gasteiger partial charge is 0.199 e. The van der Waals surface area contributed by atoms with Crippen LogP contribution in [0.1, 0.15) is 6.42 Å². The van der Waals surface area contributed by atoms with E-state index in [1.807, 2.05) is 24.3 Å². The van der Waals surface area contributed by atoms with E-state index in [-0.39, 0.29) is 0 Å². The molecule has 0 unspecified atom stereocenters. The van der Waals surface area contributed by atoms with Crippen LogP contribution in [-0.2, 0) is 9.84 Å². The Morgan fingerprint density at radius 2 is 1.67 bits per heavy atom. The van der Waals surface area contributed by atoms with E-state index >= 15 is 0 Å². The van der Waals surface area contributed by atoms with Gasteiger partial charge in [0.05, 0.1) is 15.1 Å². The molecule has 2 rings (SSSR count). The number of halogens is 1. The van der Waals surface area contributed by atoms with Gasteiger partial charge in [-0.1, -0.05) is 36.4 Å². The zero-order valence-electron chi connectivity index (χ0n) is 11.3. The first-order valence-electron chi connectivity index (χ1n) is 6.43. The van der Waals surface area contributed by atoms with Crippen LogP contribution in [0.4, 0.5) is 0 Å². The van der Waals surface area contributed by atoms with Gasteiger partial charge in [-0.25, -0.2) is 8.42 Å². The van der Waals surface area contributed by atoms with Crippen molar-refractivity contribution in [3.05, 3.63) is 69.7 Å². The summed E-state index contributed by atoms with van der Waals surface area (Å²) >= 11 is 2.20. The van der Waals surface area contributed by atoms with Gasteiger partial charge >= 0.3 is 0 Å². The molecule has 0 bridgehead atoms. The highest BCUT2D eigenvalue weighted by Crippen LogP contribution is 2.19. The Morgan fingerprint density at radius 1 is 1.00 bits per heavy atom. The standard InChI is InChI=1S/C16H15IO3S/c17-15-10-4-5-11-16(15)20-12-6-7-13-21(18,19)14-8-2-1-3-9-14/h1-5,7-11,13H,6,12H2/b13-7+. The molecule has 2 aromatic rings. The van der Waals surface area contributed by atoms with Crippen LogP contribution in [0.15, 0.2) is 71.0 Å². The van der Waals surface area contributed by atoms with Gasteiger partial charge in [-0.05, 0) is 46.9 Å². The van der Waals surface area contributed by atoms with Crippen molar-refractivity contribution >= 4 is 32.4 Å². The van der Waals surface area contributed by atoms with E-state index in [0.29, 0.717) is 17.9 Å². The maximum absolute atomic E-state index is 12.0. The Hall–Kier alpha value is -1.34. The van der Waals surface area contributed by atoms with Gasteiger partial charge in [-0.15, -0.1) is 0 Å². The molecule has 0 aliphatic carbocycles. The van der Waals surface area contributed by atoms with E-state index in [0.717, 1.165) is 9.32 Å². The molecule has 0 atom stereocenters. The van der Waals surface area contributed by atoms with Crippen LogP contribution in [0.5, 0.6) is 5.75 Å². The van der Waals surface area contributed by atoms with Gasteiger partial charge in [0.15, 0.2) is 9.84 Å². The van der Waals surface area contributed by atoms with E-state index in [1.54, 1.807) is 36.4 Å². The Balaban J connectivity index is 1.88. The average Bonchev–Trinajstić information content (AvgIpc) is 2.49. The Labute approximate surface area is 138 Å². The van der Waals surface area contributed by atoms with Crippen LogP contribution in [0.2, 0.25) is 0 Å². The number of para-hydroxylation sites is 1. The average molecular weight is 414 g/mol. The minimum Gasteiger partial charge on any atom is -0.492 e.